The average Bonchev–Trinajstić information content (AvgIpc) is 3.00. The van der Waals surface area contributed by atoms with Crippen LogP contribution in [0.3, 0.4) is 0 Å². The summed E-state index contributed by atoms with van der Waals surface area (Å²) in [5.74, 6) is -1.88. The topological polar surface area (TPSA) is 72.9 Å². The molecule has 0 radical (unpaired) electrons. The van der Waals surface area contributed by atoms with Crippen LogP contribution < -0.4 is 5.32 Å². The molecule has 1 aliphatic carbocycles. The smallest absolute Gasteiger partial charge is 0.307 e. The highest BCUT2D eigenvalue weighted by Gasteiger charge is 2.65. The molecule has 1 heterocycles. The van der Waals surface area contributed by atoms with Crippen LogP contribution in [0.5, 0.6) is 0 Å². The Labute approximate surface area is 126 Å². The normalized spacial score (nSPS) is 29.1. The Balaban J connectivity index is 1.63. The van der Waals surface area contributed by atoms with Gasteiger partial charge in [0.1, 0.15) is 0 Å². The molecular weight excluding hydrogens is 270 g/mol. The first kappa shape index (κ1) is 16.2. The monoisotopic (exact) mass is 297 g/mol. The quantitative estimate of drug-likeness (QED) is 0.680. The van der Waals surface area contributed by atoms with Gasteiger partial charge in [-0.2, -0.15) is 0 Å². The van der Waals surface area contributed by atoms with Crippen molar-refractivity contribution >= 4 is 11.9 Å². The van der Waals surface area contributed by atoms with E-state index < -0.39 is 17.3 Å². The molecule has 1 saturated carbocycles. The molecule has 21 heavy (non-hydrogen) atoms. The summed E-state index contributed by atoms with van der Waals surface area (Å²) in [4.78, 5) is 27.8. The predicted molar refractivity (Wildman–Crippen MR) is 80.0 cm³/mol. The van der Waals surface area contributed by atoms with Crippen LogP contribution in [0.2, 0.25) is 0 Å². The fourth-order valence-corrected chi connectivity index (χ4v) is 3.28. The van der Waals surface area contributed by atoms with Crippen LogP contribution in [0.1, 0.15) is 20.3 Å². The molecule has 0 aromatic carbocycles. The second-order valence-electron chi connectivity index (χ2n) is 6.90. The van der Waals surface area contributed by atoms with Gasteiger partial charge in [0.05, 0.1) is 11.8 Å². The number of carboxylic acids is 1. The predicted octanol–water partition coefficient (Wildman–Crippen LogP) is 0.0969. The van der Waals surface area contributed by atoms with E-state index in [1.807, 2.05) is 13.8 Å². The van der Waals surface area contributed by atoms with Crippen LogP contribution in [-0.2, 0) is 9.59 Å². The third kappa shape index (κ3) is 3.74. The molecule has 2 rings (SSSR count). The van der Waals surface area contributed by atoms with Crippen LogP contribution in [0.4, 0.5) is 0 Å². The van der Waals surface area contributed by atoms with E-state index in [2.05, 4.69) is 22.2 Å². The van der Waals surface area contributed by atoms with Crippen LogP contribution in [0.15, 0.2) is 0 Å². The van der Waals surface area contributed by atoms with Gasteiger partial charge in [-0.3, -0.25) is 9.59 Å². The Kier molecular flexibility index (Phi) is 4.88. The molecule has 2 N–H and O–H groups in total. The van der Waals surface area contributed by atoms with Crippen LogP contribution >= 0.6 is 0 Å². The van der Waals surface area contributed by atoms with Crippen LogP contribution in [-0.4, -0.2) is 73.1 Å². The minimum absolute atomic E-state index is 0.106. The van der Waals surface area contributed by atoms with Gasteiger partial charge >= 0.3 is 5.97 Å². The van der Waals surface area contributed by atoms with Gasteiger partial charge in [-0.25, -0.2) is 0 Å². The standard InChI is InChI=1S/C15H27N3O3/c1-15(2)11(12(15)14(20)21)13(19)16-5-4-6-18-9-7-17(3)8-10-18/h11-12H,4-10H2,1-3H3,(H,16,19)(H,20,21)/t11-,12+/m0/s1. The van der Waals surface area contributed by atoms with Crippen molar-refractivity contribution in [2.24, 2.45) is 17.3 Å². The summed E-state index contributed by atoms with van der Waals surface area (Å²) in [5, 5.41) is 12.0. The Hall–Kier alpha value is -1.14. The van der Waals surface area contributed by atoms with Gasteiger partial charge in [0.15, 0.2) is 0 Å². The van der Waals surface area contributed by atoms with Gasteiger partial charge in [-0.15, -0.1) is 0 Å². The third-order valence-electron chi connectivity index (χ3n) is 4.92. The molecule has 1 amide bonds. The number of rotatable bonds is 6. The second-order valence-corrected chi connectivity index (χ2v) is 6.90. The summed E-state index contributed by atoms with van der Waals surface area (Å²) in [6, 6.07) is 0. The molecular formula is C15H27N3O3. The highest BCUT2D eigenvalue weighted by Crippen LogP contribution is 2.58. The van der Waals surface area contributed by atoms with E-state index in [0.717, 1.165) is 39.1 Å². The maximum Gasteiger partial charge on any atom is 0.307 e. The van der Waals surface area contributed by atoms with Crippen molar-refractivity contribution in [3.05, 3.63) is 0 Å². The van der Waals surface area contributed by atoms with Crippen molar-refractivity contribution in [3.63, 3.8) is 0 Å². The molecule has 0 bridgehead atoms. The van der Waals surface area contributed by atoms with Crippen molar-refractivity contribution in [1.29, 1.82) is 0 Å². The zero-order valence-electron chi connectivity index (χ0n) is 13.3. The molecule has 120 valence electrons. The fourth-order valence-electron chi connectivity index (χ4n) is 3.28. The lowest BCUT2D eigenvalue weighted by Crippen LogP contribution is -2.45. The summed E-state index contributed by atoms with van der Waals surface area (Å²) < 4.78 is 0. The molecule has 2 atom stereocenters. The maximum atomic E-state index is 12.0. The van der Waals surface area contributed by atoms with Crippen molar-refractivity contribution < 1.29 is 14.7 Å². The van der Waals surface area contributed by atoms with Gasteiger partial charge in [-0.05, 0) is 25.4 Å². The van der Waals surface area contributed by atoms with E-state index in [-0.39, 0.29) is 11.8 Å². The molecule has 2 fully saturated rings. The van der Waals surface area contributed by atoms with Gasteiger partial charge in [0.25, 0.3) is 0 Å². The third-order valence-corrected chi connectivity index (χ3v) is 4.92. The van der Waals surface area contributed by atoms with E-state index >= 15 is 0 Å². The molecule has 2 aliphatic rings. The maximum absolute atomic E-state index is 12.0. The number of likely N-dealkylation sites (N-methyl/N-ethyl adjacent to an activating group) is 1. The molecule has 6 heteroatoms. The summed E-state index contributed by atoms with van der Waals surface area (Å²) in [6.07, 6.45) is 0.917. The summed E-state index contributed by atoms with van der Waals surface area (Å²) in [7, 11) is 2.13. The Morgan fingerprint density at radius 3 is 2.33 bits per heavy atom. The number of hydrogen-bond acceptors (Lipinski definition) is 4. The number of hydrogen-bond donors (Lipinski definition) is 2. The molecule has 1 aliphatic heterocycles. The Morgan fingerprint density at radius 1 is 1.19 bits per heavy atom. The molecule has 6 nitrogen and oxygen atoms in total. The number of carbonyl (C=O) groups excluding carboxylic acids is 1. The minimum Gasteiger partial charge on any atom is -0.481 e. The van der Waals surface area contributed by atoms with Gasteiger partial charge < -0.3 is 20.2 Å². The van der Waals surface area contributed by atoms with Crippen LogP contribution in [0, 0.1) is 17.3 Å². The Morgan fingerprint density at radius 2 is 1.81 bits per heavy atom. The lowest BCUT2D eigenvalue weighted by molar-refractivity contribution is -0.140. The molecule has 1 saturated heterocycles. The first-order valence-corrected chi connectivity index (χ1v) is 7.75. The fraction of sp³-hybridized carbons (Fsp3) is 0.867. The number of carboxylic acid groups (broad SMARTS) is 1. The first-order valence-electron chi connectivity index (χ1n) is 7.75. The molecule has 0 aromatic heterocycles. The summed E-state index contributed by atoms with van der Waals surface area (Å²) >= 11 is 0. The van der Waals surface area contributed by atoms with E-state index in [1.165, 1.54) is 0 Å². The molecule has 0 unspecified atom stereocenters. The number of carbonyl (C=O) groups is 2. The van der Waals surface area contributed by atoms with Crippen LogP contribution in [0.25, 0.3) is 0 Å². The number of aliphatic carboxylic acids is 1. The van der Waals surface area contributed by atoms with Crippen molar-refractivity contribution in [1.82, 2.24) is 15.1 Å². The lowest BCUT2D eigenvalue weighted by Gasteiger charge is -2.32. The zero-order chi connectivity index (χ0) is 15.6. The van der Waals surface area contributed by atoms with E-state index in [1.54, 1.807) is 0 Å². The van der Waals surface area contributed by atoms with Crippen molar-refractivity contribution in [2.45, 2.75) is 20.3 Å². The molecule has 0 spiro atoms. The average molecular weight is 297 g/mol. The van der Waals surface area contributed by atoms with E-state index in [4.69, 9.17) is 5.11 Å². The number of piperazine rings is 1. The Bertz CT molecular complexity index is 403. The lowest BCUT2D eigenvalue weighted by atomic mass is 10.1. The first-order chi connectivity index (χ1) is 9.84. The van der Waals surface area contributed by atoms with Crippen molar-refractivity contribution in [2.75, 3.05) is 46.3 Å². The van der Waals surface area contributed by atoms with Gasteiger partial charge in [0.2, 0.25) is 5.91 Å². The van der Waals surface area contributed by atoms with Gasteiger partial charge in [0, 0.05) is 32.7 Å². The number of nitrogens with zero attached hydrogens (tertiary/aromatic N) is 2. The highest BCUT2D eigenvalue weighted by atomic mass is 16.4. The van der Waals surface area contributed by atoms with Gasteiger partial charge in [-0.1, -0.05) is 13.8 Å². The molecule has 0 aromatic rings. The largest absolute Gasteiger partial charge is 0.481 e. The minimum atomic E-state index is -0.863. The number of amides is 1. The summed E-state index contributed by atoms with van der Waals surface area (Å²) in [5.41, 5.74) is -0.409. The highest BCUT2D eigenvalue weighted by molar-refractivity contribution is 5.91. The van der Waals surface area contributed by atoms with E-state index in [0.29, 0.717) is 6.54 Å². The second kappa shape index (κ2) is 6.32. The zero-order valence-corrected chi connectivity index (χ0v) is 13.3. The SMILES string of the molecule is CN1CCN(CCCNC(=O)[C@@H]2[C@H](C(=O)O)C2(C)C)CC1. The van der Waals surface area contributed by atoms with Crippen molar-refractivity contribution in [3.8, 4) is 0 Å². The summed E-state index contributed by atoms with van der Waals surface area (Å²) in [6.45, 7) is 9.68. The number of nitrogens with one attached hydrogen (secondary N) is 1. The van der Waals surface area contributed by atoms with E-state index in [9.17, 15) is 9.59 Å².